The second kappa shape index (κ2) is 13.2. The Morgan fingerprint density at radius 2 is 1.51 bits per heavy atom. The number of carbonyl (C=O) groups is 2. The van der Waals surface area contributed by atoms with Gasteiger partial charge in [0.05, 0.1) is 23.4 Å². The van der Waals surface area contributed by atoms with E-state index in [2.05, 4.69) is 37.9 Å². The van der Waals surface area contributed by atoms with Crippen LogP contribution in [0.15, 0.2) is 48.5 Å². The van der Waals surface area contributed by atoms with Gasteiger partial charge in [0.1, 0.15) is 5.60 Å². The van der Waals surface area contributed by atoms with E-state index in [0.29, 0.717) is 28.7 Å². The van der Waals surface area contributed by atoms with Crippen LogP contribution in [-0.2, 0) is 26.9 Å². The summed E-state index contributed by atoms with van der Waals surface area (Å²) in [5, 5.41) is 2.97. The van der Waals surface area contributed by atoms with Gasteiger partial charge in [-0.3, -0.25) is 4.79 Å². The number of rotatable bonds is 10. The molecule has 1 amide bonds. The lowest BCUT2D eigenvalue weighted by Crippen LogP contribution is -2.32. The van der Waals surface area contributed by atoms with Crippen molar-refractivity contribution in [3.8, 4) is 0 Å². The number of benzene rings is 2. The fourth-order valence-electron chi connectivity index (χ4n) is 4.09. The van der Waals surface area contributed by atoms with Crippen LogP contribution in [0, 0.1) is 11.8 Å². The molecule has 0 aliphatic heterocycles. The summed E-state index contributed by atoms with van der Waals surface area (Å²) in [5.74, 6) is -0.0740. The number of nitrogens with one attached hydrogen (secondary N) is 1. The molecule has 0 radical (unpaired) electrons. The second-order valence-corrected chi connectivity index (χ2v) is 11.7. The molecule has 214 valence electrons. The van der Waals surface area contributed by atoms with Crippen LogP contribution < -0.4 is 10.2 Å². The molecule has 0 atom stereocenters. The summed E-state index contributed by atoms with van der Waals surface area (Å²) in [7, 11) is 0. The first-order valence-electron chi connectivity index (χ1n) is 13.2. The topological polar surface area (TPSA) is 58.6 Å². The smallest absolute Gasteiger partial charge is 0.416 e. The van der Waals surface area contributed by atoms with Crippen molar-refractivity contribution < 1.29 is 27.5 Å². The number of halogens is 3. The van der Waals surface area contributed by atoms with Gasteiger partial charge in [-0.2, -0.15) is 13.2 Å². The lowest BCUT2D eigenvalue weighted by molar-refractivity contribution is -0.148. The monoisotopic (exact) mass is 546 g/mol. The van der Waals surface area contributed by atoms with E-state index in [0.717, 1.165) is 36.5 Å². The standard InChI is InChI=1S/C31H41F3N2O3/c1-20(2)18-36(19-21(3)4)27-14-11-24(22(5)15-29(38)39-30(6,7)8)17-26(27)35-28(37)16-23-9-12-25(13-10-23)31(32,33)34/h9-15,17,20-21H,16,18-19H2,1-8H3,(H,35,37)/b22-15+. The van der Waals surface area contributed by atoms with Gasteiger partial charge in [0.15, 0.2) is 0 Å². The molecule has 0 unspecified atom stereocenters. The summed E-state index contributed by atoms with van der Waals surface area (Å²) in [6, 6.07) is 10.3. The van der Waals surface area contributed by atoms with Gasteiger partial charge in [0.2, 0.25) is 5.91 Å². The number of esters is 1. The van der Waals surface area contributed by atoms with E-state index in [-0.39, 0.29) is 12.3 Å². The molecular weight excluding hydrogens is 505 g/mol. The number of nitrogens with zero attached hydrogens (tertiary/aromatic N) is 1. The molecule has 0 aliphatic rings. The van der Waals surface area contributed by atoms with Crippen LogP contribution in [0.3, 0.4) is 0 Å². The van der Waals surface area contributed by atoms with Crippen LogP contribution in [0.2, 0.25) is 0 Å². The van der Waals surface area contributed by atoms with Crippen LogP contribution in [-0.4, -0.2) is 30.6 Å². The first kappa shape index (κ1) is 31.9. The largest absolute Gasteiger partial charge is 0.457 e. The molecule has 0 spiro atoms. The Morgan fingerprint density at radius 3 is 2.00 bits per heavy atom. The summed E-state index contributed by atoms with van der Waals surface area (Å²) < 4.78 is 44.2. The average Bonchev–Trinajstić information content (AvgIpc) is 2.76. The summed E-state index contributed by atoms with van der Waals surface area (Å²) in [6.45, 7) is 17.2. The van der Waals surface area contributed by atoms with Crippen LogP contribution in [0.25, 0.3) is 5.57 Å². The zero-order valence-corrected chi connectivity index (χ0v) is 24.2. The van der Waals surface area contributed by atoms with Gasteiger partial charge in [-0.05, 0) is 80.5 Å². The second-order valence-electron chi connectivity index (χ2n) is 11.7. The molecule has 39 heavy (non-hydrogen) atoms. The number of carbonyl (C=O) groups excluding carboxylic acids is 2. The Kier molecular flexibility index (Phi) is 10.8. The van der Waals surface area contributed by atoms with Crippen molar-refractivity contribution in [1.29, 1.82) is 0 Å². The maximum atomic E-state index is 13.1. The average molecular weight is 547 g/mol. The van der Waals surface area contributed by atoms with Gasteiger partial charge in [-0.25, -0.2) is 4.79 Å². The Bertz CT molecular complexity index is 1150. The first-order valence-corrected chi connectivity index (χ1v) is 13.2. The Balaban J connectivity index is 2.42. The molecule has 0 aromatic heterocycles. The quantitative estimate of drug-likeness (QED) is 0.245. The van der Waals surface area contributed by atoms with Gasteiger partial charge in [0.25, 0.3) is 0 Å². The van der Waals surface area contributed by atoms with E-state index in [9.17, 15) is 22.8 Å². The molecule has 0 heterocycles. The lowest BCUT2D eigenvalue weighted by Gasteiger charge is -2.31. The third kappa shape index (κ3) is 10.8. The predicted molar refractivity (Wildman–Crippen MR) is 152 cm³/mol. The SMILES string of the molecule is C/C(=C\C(=O)OC(C)(C)C)c1ccc(N(CC(C)C)CC(C)C)c(NC(=O)Cc2ccc(C(F)(F)F)cc2)c1. The molecule has 0 saturated carbocycles. The van der Waals surface area contributed by atoms with Gasteiger partial charge < -0.3 is 15.0 Å². The number of hydrogen-bond donors (Lipinski definition) is 1. The third-order valence-corrected chi connectivity index (χ3v) is 5.62. The van der Waals surface area contributed by atoms with Crippen molar-refractivity contribution in [2.75, 3.05) is 23.3 Å². The van der Waals surface area contributed by atoms with Gasteiger partial charge in [-0.1, -0.05) is 45.9 Å². The number of allylic oxidation sites excluding steroid dienone is 1. The maximum Gasteiger partial charge on any atom is 0.416 e. The highest BCUT2D eigenvalue weighted by atomic mass is 19.4. The number of hydrogen-bond acceptors (Lipinski definition) is 4. The third-order valence-electron chi connectivity index (χ3n) is 5.62. The van der Waals surface area contributed by atoms with E-state index in [1.54, 1.807) is 27.7 Å². The summed E-state index contributed by atoms with van der Waals surface area (Å²) in [6.07, 6.45) is -3.09. The highest BCUT2D eigenvalue weighted by Gasteiger charge is 2.30. The summed E-state index contributed by atoms with van der Waals surface area (Å²) in [5.41, 5.74) is 1.92. The molecule has 1 N–H and O–H groups in total. The molecule has 2 aromatic rings. The fourth-order valence-corrected chi connectivity index (χ4v) is 4.09. The van der Waals surface area contributed by atoms with Crippen molar-refractivity contribution in [3.05, 3.63) is 65.2 Å². The molecule has 2 aromatic carbocycles. The molecular formula is C31H41F3N2O3. The molecule has 0 bridgehead atoms. The van der Waals surface area contributed by atoms with Gasteiger partial charge >= 0.3 is 12.1 Å². The zero-order chi connectivity index (χ0) is 29.5. The number of anilines is 2. The normalized spacial score (nSPS) is 12.6. The minimum absolute atomic E-state index is 0.0805. The molecule has 8 heteroatoms. The van der Waals surface area contributed by atoms with Crippen molar-refractivity contribution in [2.45, 2.75) is 73.6 Å². The fraction of sp³-hybridized carbons (Fsp3) is 0.484. The Labute approximate surface area is 230 Å². The molecule has 0 fully saturated rings. The van der Waals surface area contributed by atoms with Gasteiger partial charge in [0, 0.05) is 19.2 Å². The zero-order valence-electron chi connectivity index (χ0n) is 24.2. The molecule has 2 rings (SSSR count). The van der Waals surface area contributed by atoms with Crippen molar-refractivity contribution in [1.82, 2.24) is 0 Å². The highest BCUT2D eigenvalue weighted by molar-refractivity contribution is 5.97. The predicted octanol–water partition coefficient (Wildman–Crippen LogP) is 7.75. The molecule has 0 aliphatic carbocycles. The minimum Gasteiger partial charge on any atom is -0.457 e. The Hall–Kier alpha value is -3.29. The van der Waals surface area contributed by atoms with E-state index in [4.69, 9.17) is 4.74 Å². The van der Waals surface area contributed by atoms with Crippen molar-refractivity contribution in [3.63, 3.8) is 0 Å². The number of alkyl halides is 3. The summed E-state index contributed by atoms with van der Waals surface area (Å²) >= 11 is 0. The van der Waals surface area contributed by atoms with Crippen LogP contribution >= 0.6 is 0 Å². The first-order chi connectivity index (χ1) is 17.9. The van der Waals surface area contributed by atoms with Crippen LogP contribution in [0.5, 0.6) is 0 Å². The highest BCUT2D eigenvalue weighted by Crippen LogP contribution is 2.32. The van der Waals surface area contributed by atoms with Crippen LogP contribution in [0.1, 0.15) is 72.1 Å². The van der Waals surface area contributed by atoms with Crippen LogP contribution in [0.4, 0.5) is 24.5 Å². The lowest BCUT2D eigenvalue weighted by atomic mass is 10.0. The van der Waals surface area contributed by atoms with E-state index in [1.165, 1.54) is 18.2 Å². The molecule has 0 saturated heterocycles. The van der Waals surface area contributed by atoms with Crippen molar-refractivity contribution >= 4 is 28.8 Å². The number of amides is 1. The Morgan fingerprint density at radius 1 is 0.949 bits per heavy atom. The maximum absolute atomic E-state index is 13.1. The van der Waals surface area contributed by atoms with E-state index >= 15 is 0 Å². The summed E-state index contributed by atoms with van der Waals surface area (Å²) in [4.78, 5) is 27.6. The molecule has 5 nitrogen and oxygen atoms in total. The van der Waals surface area contributed by atoms with E-state index in [1.807, 2.05) is 18.2 Å². The van der Waals surface area contributed by atoms with E-state index < -0.39 is 23.3 Å². The van der Waals surface area contributed by atoms with Gasteiger partial charge in [-0.15, -0.1) is 0 Å². The van der Waals surface area contributed by atoms with Crippen molar-refractivity contribution in [2.24, 2.45) is 11.8 Å². The minimum atomic E-state index is -4.43. The number of ether oxygens (including phenoxy) is 1.